The molecule has 0 saturated heterocycles. The summed E-state index contributed by atoms with van der Waals surface area (Å²) in [6, 6.07) is 0.993. The smallest absolute Gasteiger partial charge is 0.328 e. The molecule has 7 nitrogen and oxygen atoms in total. The fourth-order valence-electron chi connectivity index (χ4n) is 1.41. The maximum absolute atomic E-state index is 11.8. The molecule has 0 bridgehead atoms. The minimum Gasteiger partial charge on any atom is -0.480 e. The van der Waals surface area contributed by atoms with E-state index < -0.39 is 36.0 Å². The molecule has 1 heterocycles. The highest BCUT2D eigenvalue weighted by Gasteiger charge is 2.27. The van der Waals surface area contributed by atoms with Crippen molar-refractivity contribution in [3.63, 3.8) is 0 Å². The molecule has 8 heteroatoms. The molecule has 0 saturated carbocycles. The summed E-state index contributed by atoms with van der Waals surface area (Å²) in [7, 11) is 0. The largest absolute Gasteiger partial charge is 0.480 e. The highest BCUT2D eigenvalue weighted by Crippen LogP contribution is 2.08. The van der Waals surface area contributed by atoms with Gasteiger partial charge in [-0.3, -0.25) is 9.59 Å². The van der Waals surface area contributed by atoms with Crippen molar-refractivity contribution < 1.29 is 24.6 Å². The zero-order valence-electron chi connectivity index (χ0n) is 11.0. The standard InChI is InChI=1S/C12H16N2O5S/c1-6(13-11(17)8-4-3-5-20-8)10(16)14-9(7(2)15)12(18)19/h3-7,9,15H,1-2H3,(H,13,17)(H,14,16)(H,18,19). The second kappa shape index (κ2) is 7.01. The van der Waals surface area contributed by atoms with E-state index in [4.69, 9.17) is 5.11 Å². The molecule has 0 aliphatic rings. The van der Waals surface area contributed by atoms with Gasteiger partial charge in [0.05, 0.1) is 11.0 Å². The monoisotopic (exact) mass is 300 g/mol. The summed E-state index contributed by atoms with van der Waals surface area (Å²) >= 11 is 1.23. The summed E-state index contributed by atoms with van der Waals surface area (Å²) < 4.78 is 0. The van der Waals surface area contributed by atoms with Crippen molar-refractivity contribution in [2.75, 3.05) is 0 Å². The lowest BCUT2D eigenvalue weighted by Gasteiger charge is -2.20. The molecule has 20 heavy (non-hydrogen) atoms. The van der Waals surface area contributed by atoms with Gasteiger partial charge in [0.25, 0.3) is 5.91 Å². The SMILES string of the molecule is CC(NC(=O)c1cccs1)C(=O)NC(C(=O)O)C(C)O. The Balaban J connectivity index is 2.59. The molecule has 3 atom stereocenters. The molecule has 1 rings (SSSR count). The number of aliphatic carboxylic acids is 1. The highest BCUT2D eigenvalue weighted by atomic mass is 32.1. The fraction of sp³-hybridized carbons (Fsp3) is 0.417. The number of aliphatic hydroxyl groups is 1. The molecule has 110 valence electrons. The van der Waals surface area contributed by atoms with E-state index in [9.17, 15) is 19.5 Å². The van der Waals surface area contributed by atoms with E-state index in [1.54, 1.807) is 17.5 Å². The quantitative estimate of drug-likeness (QED) is 0.581. The Morgan fingerprint density at radius 2 is 1.90 bits per heavy atom. The normalized spacial score (nSPS) is 14.9. The second-order valence-electron chi connectivity index (χ2n) is 4.24. The average Bonchev–Trinajstić information content (AvgIpc) is 2.88. The van der Waals surface area contributed by atoms with Crippen LogP contribution in [-0.4, -0.2) is 46.2 Å². The zero-order chi connectivity index (χ0) is 15.3. The summed E-state index contributed by atoms with van der Waals surface area (Å²) in [5.41, 5.74) is 0. The van der Waals surface area contributed by atoms with Crippen molar-refractivity contribution in [2.45, 2.75) is 32.0 Å². The summed E-state index contributed by atoms with van der Waals surface area (Å²) in [6.07, 6.45) is -1.24. The van der Waals surface area contributed by atoms with Gasteiger partial charge in [-0.25, -0.2) is 4.79 Å². The van der Waals surface area contributed by atoms with Crippen LogP contribution in [-0.2, 0) is 9.59 Å². The third kappa shape index (κ3) is 4.32. The van der Waals surface area contributed by atoms with Gasteiger partial charge in [-0.05, 0) is 25.3 Å². The Hall–Kier alpha value is -1.93. The molecule has 0 spiro atoms. The number of hydrogen-bond donors (Lipinski definition) is 4. The Morgan fingerprint density at radius 1 is 1.25 bits per heavy atom. The first-order chi connectivity index (χ1) is 9.32. The average molecular weight is 300 g/mol. The van der Waals surface area contributed by atoms with Crippen molar-refractivity contribution in [1.29, 1.82) is 0 Å². The highest BCUT2D eigenvalue weighted by molar-refractivity contribution is 7.12. The van der Waals surface area contributed by atoms with Crippen LogP contribution in [0.2, 0.25) is 0 Å². The number of rotatable bonds is 6. The van der Waals surface area contributed by atoms with E-state index in [-0.39, 0.29) is 0 Å². The molecule has 0 radical (unpaired) electrons. The molecule has 1 aromatic rings. The lowest BCUT2D eigenvalue weighted by atomic mass is 10.1. The van der Waals surface area contributed by atoms with Crippen molar-refractivity contribution >= 4 is 29.1 Å². The van der Waals surface area contributed by atoms with E-state index in [1.165, 1.54) is 25.2 Å². The fourth-order valence-corrected chi connectivity index (χ4v) is 2.03. The predicted molar refractivity (Wildman–Crippen MR) is 72.5 cm³/mol. The van der Waals surface area contributed by atoms with Crippen LogP contribution < -0.4 is 10.6 Å². The predicted octanol–water partition coefficient (Wildman–Crippen LogP) is -0.183. The molecule has 4 N–H and O–H groups in total. The van der Waals surface area contributed by atoms with Gasteiger partial charge in [-0.1, -0.05) is 6.07 Å². The first-order valence-electron chi connectivity index (χ1n) is 5.88. The third-order valence-electron chi connectivity index (χ3n) is 2.53. The Labute approximate surface area is 119 Å². The lowest BCUT2D eigenvalue weighted by Crippen LogP contribution is -2.53. The van der Waals surface area contributed by atoms with Crippen LogP contribution in [0.4, 0.5) is 0 Å². The third-order valence-corrected chi connectivity index (χ3v) is 3.40. The molecule has 0 aromatic carbocycles. The maximum atomic E-state index is 11.8. The topological polar surface area (TPSA) is 116 Å². The molecule has 1 aromatic heterocycles. The van der Waals surface area contributed by atoms with Gasteiger partial charge in [-0.15, -0.1) is 11.3 Å². The second-order valence-corrected chi connectivity index (χ2v) is 5.19. The molecule has 0 aliphatic heterocycles. The summed E-state index contributed by atoms with van der Waals surface area (Å²) in [4.78, 5) is 34.8. The number of amides is 2. The minimum atomic E-state index is -1.41. The van der Waals surface area contributed by atoms with Crippen molar-refractivity contribution in [2.24, 2.45) is 0 Å². The van der Waals surface area contributed by atoms with Gasteiger partial charge < -0.3 is 20.8 Å². The molecular weight excluding hydrogens is 284 g/mol. The van der Waals surface area contributed by atoms with Crippen molar-refractivity contribution in [3.8, 4) is 0 Å². The number of carboxylic acid groups (broad SMARTS) is 1. The number of hydrogen-bond acceptors (Lipinski definition) is 5. The van der Waals surface area contributed by atoms with E-state index in [0.717, 1.165) is 0 Å². The first-order valence-corrected chi connectivity index (χ1v) is 6.76. The molecule has 2 amide bonds. The van der Waals surface area contributed by atoms with Gasteiger partial charge in [0, 0.05) is 0 Å². The lowest BCUT2D eigenvalue weighted by molar-refractivity contribution is -0.145. The number of carboxylic acids is 1. The van der Waals surface area contributed by atoms with Crippen molar-refractivity contribution in [3.05, 3.63) is 22.4 Å². The van der Waals surface area contributed by atoms with Crippen LogP contribution >= 0.6 is 11.3 Å². The van der Waals surface area contributed by atoms with Crippen LogP contribution in [0.1, 0.15) is 23.5 Å². The van der Waals surface area contributed by atoms with Crippen LogP contribution in [0.3, 0.4) is 0 Å². The Kier molecular flexibility index (Phi) is 5.66. The maximum Gasteiger partial charge on any atom is 0.328 e. The zero-order valence-corrected chi connectivity index (χ0v) is 11.8. The van der Waals surface area contributed by atoms with Gasteiger partial charge in [0.1, 0.15) is 6.04 Å². The van der Waals surface area contributed by atoms with Gasteiger partial charge in [0.2, 0.25) is 5.91 Å². The number of carbonyl (C=O) groups excluding carboxylic acids is 2. The van der Waals surface area contributed by atoms with Crippen molar-refractivity contribution in [1.82, 2.24) is 10.6 Å². The van der Waals surface area contributed by atoms with E-state index in [0.29, 0.717) is 4.88 Å². The molecule has 0 aliphatic carbocycles. The minimum absolute atomic E-state index is 0.411. The molecule has 3 unspecified atom stereocenters. The molecule has 0 fully saturated rings. The summed E-state index contributed by atoms with van der Waals surface area (Å²) in [6.45, 7) is 2.69. The van der Waals surface area contributed by atoms with Crippen LogP contribution in [0.15, 0.2) is 17.5 Å². The Morgan fingerprint density at radius 3 is 2.35 bits per heavy atom. The number of carbonyl (C=O) groups is 3. The summed E-state index contributed by atoms with van der Waals surface area (Å²) in [5.74, 6) is -2.43. The van der Waals surface area contributed by atoms with Crippen LogP contribution in [0.5, 0.6) is 0 Å². The number of aliphatic hydroxyl groups excluding tert-OH is 1. The Bertz CT molecular complexity index is 486. The van der Waals surface area contributed by atoms with E-state index in [2.05, 4.69) is 10.6 Å². The van der Waals surface area contributed by atoms with Gasteiger partial charge in [-0.2, -0.15) is 0 Å². The van der Waals surface area contributed by atoms with Crippen LogP contribution in [0, 0.1) is 0 Å². The molecular formula is C12H16N2O5S. The van der Waals surface area contributed by atoms with Crippen LogP contribution in [0.25, 0.3) is 0 Å². The first kappa shape index (κ1) is 16.1. The number of thiophene rings is 1. The summed E-state index contributed by atoms with van der Waals surface area (Å²) in [5, 5.41) is 24.5. The van der Waals surface area contributed by atoms with E-state index in [1.807, 2.05) is 0 Å². The van der Waals surface area contributed by atoms with E-state index >= 15 is 0 Å². The number of nitrogens with one attached hydrogen (secondary N) is 2. The van der Waals surface area contributed by atoms with Gasteiger partial charge in [0.15, 0.2) is 6.04 Å². The van der Waals surface area contributed by atoms with Gasteiger partial charge >= 0.3 is 5.97 Å².